The molecule has 2 aromatic heterocycles. The largest absolute Gasteiger partial charge is 0.490 e. The van der Waals surface area contributed by atoms with E-state index >= 15 is 0 Å². The molecule has 4 aromatic rings. The van der Waals surface area contributed by atoms with Crippen LogP contribution in [0.4, 0.5) is 10.5 Å². The van der Waals surface area contributed by atoms with E-state index in [4.69, 9.17) is 9.47 Å². The first kappa shape index (κ1) is 25.8. The van der Waals surface area contributed by atoms with Crippen LogP contribution in [0.1, 0.15) is 33.3 Å². The zero-order valence-electron chi connectivity index (χ0n) is 21.5. The van der Waals surface area contributed by atoms with Crippen molar-refractivity contribution in [1.29, 1.82) is 0 Å². The van der Waals surface area contributed by atoms with Gasteiger partial charge in [-0.3, -0.25) is 9.78 Å². The van der Waals surface area contributed by atoms with Crippen LogP contribution < -0.4 is 15.4 Å². The van der Waals surface area contributed by atoms with E-state index in [-0.39, 0.29) is 18.6 Å². The van der Waals surface area contributed by atoms with E-state index in [2.05, 4.69) is 26.7 Å². The maximum Gasteiger partial charge on any atom is 0.408 e. The fourth-order valence-corrected chi connectivity index (χ4v) is 4.02. The zero-order valence-corrected chi connectivity index (χ0v) is 21.5. The summed E-state index contributed by atoms with van der Waals surface area (Å²) in [6.07, 6.45) is 5.38. The fraction of sp³-hybridized carbons (Fsp3) is 0.276. The lowest BCUT2D eigenvalue weighted by Gasteiger charge is -2.24. The average Bonchev–Trinajstić information content (AvgIpc) is 3.24. The van der Waals surface area contributed by atoms with Crippen molar-refractivity contribution in [3.63, 3.8) is 0 Å². The van der Waals surface area contributed by atoms with E-state index in [0.29, 0.717) is 17.9 Å². The number of nitrogens with one attached hydrogen (secondary N) is 3. The van der Waals surface area contributed by atoms with Crippen LogP contribution in [0.5, 0.6) is 5.75 Å². The van der Waals surface area contributed by atoms with Gasteiger partial charge in [0.15, 0.2) is 0 Å². The maximum absolute atomic E-state index is 12.6. The van der Waals surface area contributed by atoms with Crippen molar-refractivity contribution < 1.29 is 19.1 Å². The Morgan fingerprint density at radius 2 is 1.84 bits per heavy atom. The van der Waals surface area contributed by atoms with Crippen molar-refractivity contribution in [2.75, 3.05) is 11.9 Å². The number of aromatic nitrogens is 2. The lowest BCUT2D eigenvalue weighted by molar-refractivity contribution is -0.114. The highest BCUT2D eigenvalue weighted by Crippen LogP contribution is 2.26. The Labute approximate surface area is 216 Å². The topological polar surface area (TPSA) is 105 Å². The van der Waals surface area contributed by atoms with Gasteiger partial charge in [0.05, 0.1) is 12.2 Å². The second kappa shape index (κ2) is 11.2. The van der Waals surface area contributed by atoms with Gasteiger partial charge in [0.25, 0.3) is 0 Å². The molecule has 3 N–H and O–H groups in total. The molecule has 0 radical (unpaired) electrons. The Balaban J connectivity index is 1.50. The Bertz CT molecular complexity index is 1390. The molecule has 2 amide bonds. The number of pyridine rings is 1. The quantitative estimate of drug-likeness (QED) is 0.288. The molecule has 0 saturated heterocycles. The first-order valence-electron chi connectivity index (χ1n) is 12.2. The molecular formula is C29H32N4O4. The maximum atomic E-state index is 12.6. The number of para-hydroxylation sites is 1. The molecule has 2 aromatic carbocycles. The van der Waals surface area contributed by atoms with Crippen LogP contribution >= 0.6 is 0 Å². The smallest absolute Gasteiger partial charge is 0.408 e. The molecule has 0 bridgehead atoms. The van der Waals surface area contributed by atoms with Crippen molar-refractivity contribution in [3.05, 3.63) is 78.8 Å². The Morgan fingerprint density at radius 1 is 1.03 bits per heavy atom. The molecular weight excluding hydrogens is 468 g/mol. The summed E-state index contributed by atoms with van der Waals surface area (Å²) >= 11 is 0. The van der Waals surface area contributed by atoms with E-state index in [9.17, 15) is 9.59 Å². The van der Waals surface area contributed by atoms with Crippen LogP contribution in [-0.2, 0) is 16.0 Å². The van der Waals surface area contributed by atoms with Gasteiger partial charge in [-0.1, -0.05) is 30.3 Å². The van der Waals surface area contributed by atoms with Gasteiger partial charge in [-0.25, -0.2) is 4.79 Å². The molecule has 4 rings (SSSR count). The second-order valence-corrected chi connectivity index (χ2v) is 9.89. The number of ether oxygens (including phenoxy) is 2. The van der Waals surface area contributed by atoms with Gasteiger partial charge < -0.3 is 25.1 Å². The van der Waals surface area contributed by atoms with Gasteiger partial charge in [0.2, 0.25) is 5.91 Å². The van der Waals surface area contributed by atoms with E-state index in [0.717, 1.165) is 27.6 Å². The Morgan fingerprint density at radius 3 is 2.62 bits per heavy atom. The van der Waals surface area contributed by atoms with Crippen molar-refractivity contribution in [3.8, 4) is 16.9 Å². The van der Waals surface area contributed by atoms with Crippen LogP contribution in [0.25, 0.3) is 22.0 Å². The number of H-pyrrole nitrogens is 1. The summed E-state index contributed by atoms with van der Waals surface area (Å²) in [7, 11) is 0. The number of fused-ring (bicyclic) bond motifs is 1. The van der Waals surface area contributed by atoms with Gasteiger partial charge in [0, 0.05) is 41.5 Å². The first-order valence-corrected chi connectivity index (χ1v) is 12.2. The molecule has 192 valence electrons. The van der Waals surface area contributed by atoms with E-state index < -0.39 is 11.7 Å². The number of rotatable bonds is 8. The molecule has 0 aliphatic rings. The summed E-state index contributed by atoms with van der Waals surface area (Å²) in [5, 5.41) is 6.85. The van der Waals surface area contributed by atoms with Gasteiger partial charge in [-0.2, -0.15) is 0 Å². The van der Waals surface area contributed by atoms with Crippen LogP contribution in [0.3, 0.4) is 0 Å². The number of benzene rings is 2. The molecule has 0 aliphatic carbocycles. The van der Waals surface area contributed by atoms with Crippen LogP contribution in [0.2, 0.25) is 0 Å². The number of hydrogen-bond donors (Lipinski definition) is 3. The monoisotopic (exact) mass is 500 g/mol. The number of carbonyl (C=O) groups excluding carboxylic acids is 2. The molecule has 0 spiro atoms. The molecule has 1 unspecified atom stereocenters. The SMILES string of the molecule is CC(=O)Nc1cccc(-c2cncc(OCC(Cc3c[nH]c4ccccc34)NC(=O)OC(C)(C)C)c2)c1. The molecule has 8 heteroatoms. The molecule has 37 heavy (non-hydrogen) atoms. The van der Waals surface area contributed by atoms with Crippen molar-refractivity contribution in [1.82, 2.24) is 15.3 Å². The minimum Gasteiger partial charge on any atom is -0.490 e. The third kappa shape index (κ3) is 7.33. The third-order valence-corrected chi connectivity index (χ3v) is 5.54. The molecule has 0 fully saturated rings. The Hall–Kier alpha value is -4.33. The van der Waals surface area contributed by atoms with Crippen LogP contribution in [0, 0.1) is 0 Å². The highest BCUT2D eigenvalue weighted by atomic mass is 16.6. The normalized spacial score (nSPS) is 12.1. The Kier molecular flexibility index (Phi) is 7.77. The van der Waals surface area contributed by atoms with E-state index in [1.54, 1.807) is 12.4 Å². The predicted molar refractivity (Wildman–Crippen MR) is 145 cm³/mol. The standard InChI is InChI=1S/C29H32N4O4/c1-19(34)32-23-9-7-8-20(12-23)21-14-25(17-30-15-21)36-18-24(33-28(35)37-29(2,3)4)13-22-16-31-27-11-6-5-10-26(22)27/h5-12,14-17,24,31H,13,18H2,1-4H3,(H,32,34)(H,33,35). The number of amides is 2. The van der Waals surface area contributed by atoms with Gasteiger partial charge in [-0.05, 0) is 62.6 Å². The summed E-state index contributed by atoms with van der Waals surface area (Å²) in [5.41, 5.74) is 3.94. The summed E-state index contributed by atoms with van der Waals surface area (Å²) in [4.78, 5) is 31.6. The minimum atomic E-state index is -0.611. The lowest BCUT2D eigenvalue weighted by atomic mass is 10.1. The summed E-state index contributed by atoms with van der Waals surface area (Å²) in [5.74, 6) is 0.434. The molecule has 1 atom stereocenters. The minimum absolute atomic E-state index is 0.133. The van der Waals surface area contributed by atoms with Crippen molar-refractivity contribution in [2.24, 2.45) is 0 Å². The predicted octanol–water partition coefficient (Wildman–Crippen LogP) is 5.70. The molecule has 0 saturated carbocycles. The number of nitrogens with zero attached hydrogens (tertiary/aromatic N) is 1. The summed E-state index contributed by atoms with van der Waals surface area (Å²) in [6.45, 7) is 7.18. The highest BCUT2D eigenvalue weighted by molar-refractivity contribution is 5.89. The second-order valence-electron chi connectivity index (χ2n) is 9.89. The van der Waals surface area contributed by atoms with Crippen molar-refractivity contribution >= 4 is 28.6 Å². The number of carbonyl (C=O) groups is 2. The highest BCUT2D eigenvalue weighted by Gasteiger charge is 2.21. The number of alkyl carbamates (subject to hydrolysis) is 1. The average molecular weight is 501 g/mol. The van der Waals surface area contributed by atoms with Gasteiger partial charge in [0.1, 0.15) is 18.0 Å². The van der Waals surface area contributed by atoms with Gasteiger partial charge in [-0.15, -0.1) is 0 Å². The number of aromatic amines is 1. The summed E-state index contributed by atoms with van der Waals surface area (Å²) < 4.78 is 11.6. The summed E-state index contributed by atoms with van der Waals surface area (Å²) in [6, 6.07) is 17.1. The molecule has 8 nitrogen and oxygen atoms in total. The van der Waals surface area contributed by atoms with E-state index in [1.165, 1.54) is 6.92 Å². The number of anilines is 1. The fourth-order valence-electron chi connectivity index (χ4n) is 4.02. The van der Waals surface area contributed by atoms with Crippen molar-refractivity contribution in [2.45, 2.75) is 45.8 Å². The first-order chi connectivity index (χ1) is 17.7. The van der Waals surface area contributed by atoms with E-state index in [1.807, 2.05) is 75.5 Å². The van der Waals surface area contributed by atoms with Crippen LogP contribution in [-0.4, -0.2) is 40.2 Å². The molecule has 0 aliphatic heterocycles. The van der Waals surface area contributed by atoms with Crippen LogP contribution in [0.15, 0.2) is 73.2 Å². The zero-order chi connectivity index (χ0) is 26.4. The molecule has 2 heterocycles. The van der Waals surface area contributed by atoms with Gasteiger partial charge >= 0.3 is 6.09 Å². The lowest BCUT2D eigenvalue weighted by Crippen LogP contribution is -2.43. The number of hydrogen-bond acceptors (Lipinski definition) is 5. The third-order valence-electron chi connectivity index (χ3n) is 5.54.